The topological polar surface area (TPSA) is 69.2 Å². The Morgan fingerprint density at radius 1 is 1.13 bits per heavy atom. The summed E-state index contributed by atoms with van der Waals surface area (Å²) in [6.07, 6.45) is -3.40. The zero-order valence-corrected chi connectivity index (χ0v) is 17.9. The van der Waals surface area contributed by atoms with Crippen molar-refractivity contribution in [1.29, 1.82) is 0 Å². The molecule has 9 heteroatoms. The average molecular weight is 423 g/mol. The number of nitrogens with two attached hydrogens (primary N) is 1. The van der Waals surface area contributed by atoms with Crippen molar-refractivity contribution in [1.82, 2.24) is 19.7 Å². The second kappa shape index (κ2) is 6.87. The Kier molecular flexibility index (Phi) is 4.80. The zero-order chi connectivity index (χ0) is 22.0. The maximum Gasteiger partial charge on any atom is 0.573 e. The Bertz CT molecular complexity index is 935. The predicted octanol–water partition coefficient (Wildman–Crippen LogP) is 4.45. The first kappa shape index (κ1) is 21.0. The second-order valence-corrected chi connectivity index (χ2v) is 9.58. The highest BCUT2D eigenvalue weighted by atomic mass is 19.4. The van der Waals surface area contributed by atoms with Gasteiger partial charge < -0.3 is 10.5 Å². The van der Waals surface area contributed by atoms with Gasteiger partial charge in [0.05, 0.1) is 5.69 Å². The highest BCUT2D eigenvalue weighted by Gasteiger charge is 2.58. The van der Waals surface area contributed by atoms with Gasteiger partial charge in [0.15, 0.2) is 11.6 Å². The molecule has 1 aliphatic heterocycles. The molecule has 6 nitrogen and oxygen atoms in total. The van der Waals surface area contributed by atoms with Gasteiger partial charge in [-0.05, 0) is 58.6 Å². The lowest BCUT2D eigenvalue weighted by atomic mass is 10.0. The molecule has 0 radical (unpaired) electrons. The zero-order valence-electron chi connectivity index (χ0n) is 17.9. The van der Waals surface area contributed by atoms with E-state index in [9.17, 15) is 13.2 Å². The minimum absolute atomic E-state index is 0.140. The van der Waals surface area contributed by atoms with Gasteiger partial charge in [-0.2, -0.15) is 5.10 Å². The first-order chi connectivity index (χ1) is 13.8. The molecule has 2 N–H and O–H groups in total. The fraction of sp³-hybridized carbons (Fsp3) is 0.619. The number of halogens is 3. The molecule has 1 saturated heterocycles. The Morgan fingerprint density at radius 3 is 2.30 bits per heavy atom. The van der Waals surface area contributed by atoms with Crippen LogP contribution >= 0.6 is 0 Å². The van der Waals surface area contributed by atoms with Crippen molar-refractivity contribution in [2.45, 2.75) is 58.5 Å². The quantitative estimate of drug-likeness (QED) is 0.787. The number of likely N-dealkylation sites (tertiary alicyclic amines) is 1. The molecule has 0 aromatic carbocycles. The number of hydrogen-bond acceptors (Lipinski definition) is 5. The molecule has 4 rings (SSSR count). The number of piperidine rings is 1. The minimum atomic E-state index is -4.83. The van der Waals surface area contributed by atoms with E-state index in [0.717, 1.165) is 18.8 Å². The number of rotatable bonds is 4. The molecule has 0 amide bonds. The Morgan fingerprint density at radius 2 is 1.77 bits per heavy atom. The third-order valence-corrected chi connectivity index (χ3v) is 6.14. The fourth-order valence-corrected chi connectivity index (χ4v) is 4.53. The molecule has 1 saturated carbocycles. The summed E-state index contributed by atoms with van der Waals surface area (Å²) in [5.74, 6) is 0.808. The summed E-state index contributed by atoms with van der Waals surface area (Å²) in [4.78, 5) is 6.39. The lowest BCUT2D eigenvalue weighted by molar-refractivity contribution is -0.274. The van der Waals surface area contributed by atoms with Crippen LogP contribution in [-0.4, -0.2) is 44.7 Å². The molecular weight excluding hydrogens is 395 g/mol. The molecule has 0 bridgehead atoms. The van der Waals surface area contributed by atoms with Gasteiger partial charge in [0.1, 0.15) is 0 Å². The first-order valence-electron chi connectivity index (χ1n) is 10.2. The van der Waals surface area contributed by atoms with Crippen LogP contribution in [0.15, 0.2) is 18.3 Å². The largest absolute Gasteiger partial charge is 0.573 e. The van der Waals surface area contributed by atoms with Crippen LogP contribution in [0.25, 0.3) is 11.3 Å². The number of nitrogen functional groups attached to an aromatic ring is 1. The summed E-state index contributed by atoms with van der Waals surface area (Å²) in [5, 5.41) is 4.69. The summed E-state index contributed by atoms with van der Waals surface area (Å²) < 4.78 is 44.0. The first-order valence-corrected chi connectivity index (χ1v) is 10.2. The van der Waals surface area contributed by atoms with Crippen molar-refractivity contribution in [2.24, 2.45) is 11.8 Å². The molecule has 2 atom stereocenters. The molecule has 2 aliphatic rings. The Labute approximate surface area is 174 Å². The summed E-state index contributed by atoms with van der Waals surface area (Å²) in [6, 6.07) is 3.37. The van der Waals surface area contributed by atoms with Gasteiger partial charge in [0.2, 0.25) is 0 Å². The van der Waals surface area contributed by atoms with Gasteiger partial charge in [-0.25, -0.2) is 4.98 Å². The molecule has 2 fully saturated rings. The van der Waals surface area contributed by atoms with E-state index in [0.29, 0.717) is 29.0 Å². The number of fused-ring (bicyclic) bond motifs is 1. The number of nitrogens with zero attached hydrogens (tertiary/aromatic N) is 4. The van der Waals surface area contributed by atoms with Crippen molar-refractivity contribution < 1.29 is 17.9 Å². The number of aromatic nitrogens is 3. The number of hydrogen-bond donors (Lipinski definition) is 1. The molecule has 2 unspecified atom stereocenters. The van der Waals surface area contributed by atoms with Crippen LogP contribution in [0, 0.1) is 11.8 Å². The van der Waals surface area contributed by atoms with E-state index in [1.54, 1.807) is 0 Å². The maximum atomic E-state index is 12.7. The fourth-order valence-electron chi connectivity index (χ4n) is 4.53. The van der Waals surface area contributed by atoms with E-state index >= 15 is 0 Å². The summed E-state index contributed by atoms with van der Waals surface area (Å²) in [6.45, 7) is 12.9. The molecule has 164 valence electrons. The van der Waals surface area contributed by atoms with Crippen molar-refractivity contribution in [3.05, 3.63) is 24.0 Å². The SMILES string of the molecule is CC(C)n1nc(-c2cnc(N)c(OC(F)(F)F)c2)cc1C1C2CN(C(C)(C)C)CC21. The predicted molar refractivity (Wildman–Crippen MR) is 108 cm³/mol. The van der Waals surface area contributed by atoms with Crippen molar-refractivity contribution >= 4 is 5.82 Å². The van der Waals surface area contributed by atoms with Crippen molar-refractivity contribution in [3.8, 4) is 17.0 Å². The summed E-state index contributed by atoms with van der Waals surface area (Å²) >= 11 is 0. The van der Waals surface area contributed by atoms with Crippen LogP contribution < -0.4 is 10.5 Å². The van der Waals surface area contributed by atoms with Crippen LogP contribution in [0.4, 0.5) is 19.0 Å². The highest BCUT2D eigenvalue weighted by molar-refractivity contribution is 5.64. The van der Waals surface area contributed by atoms with Crippen molar-refractivity contribution in [2.75, 3.05) is 18.8 Å². The van der Waals surface area contributed by atoms with Crippen molar-refractivity contribution in [3.63, 3.8) is 0 Å². The number of ether oxygens (including phenoxy) is 1. The third-order valence-electron chi connectivity index (χ3n) is 6.14. The molecule has 1 aliphatic carbocycles. The normalized spacial score (nSPS) is 24.4. The standard InChI is InChI=1S/C21H28F3N5O/c1-11(2)29-16(18-13-9-28(10-14(13)18)20(3,4)5)7-15(27-29)12-6-17(19(25)26-8-12)30-21(22,23)24/h6-8,11,13-14,18H,9-10H2,1-5H3,(H2,25,26). The van der Waals surface area contributed by atoms with E-state index in [2.05, 4.69) is 54.3 Å². The second-order valence-electron chi connectivity index (χ2n) is 9.58. The lowest BCUT2D eigenvalue weighted by Gasteiger charge is -2.33. The molecule has 0 spiro atoms. The van der Waals surface area contributed by atoms with Crippen LogP contribution in [0.2, 0.25) is 0 Å². The molecule has 3 heterocycles. The van der Waals surface area contributed by atoms with Gasteiger partial charge in [0.25, 0.3) is 0 Å². The third kappa shape index (κ3) is 3.87. The maximum absolute atomic E-state index is 12.7. The summed E-state index contributed by atoms with van der Waals surface area (Å²) in [5.41, 5.74) is 7.89. The van der Waals surface area contributed by atoms with E-state index < -0.39 is 12.1 Å². The number of alkyl halides is 3. The Balaban J connectivity index is 1.62. The molecular formula is C21H28F3N5O. The summed E-state index contributed by atoms with van der Waals surface area (Å²) in [7, 11) is 0. The monoisotopic (exact) mass is 423 g/mol. The van der Waals surface area contributed by atoms with Gasteiger partial charge in [0, 0.05) is 48.0 Å². The van der Waals surface area contributed by atoms with E-state index in [1.165, 1.54) is 12.3 Å². The van der Waals surface area contributed by atoms with Crippen LogP contribution in [-0.2, 0) is 0 Å². The smallest absolute Gasteiger partial charge is 0.402 e. The van der Waals surface area contributed by atoms with Gasteiger partial charge >= 0.3 is 6.36 Å². The number of pyridine rings is 1. The van der Waals surface area contributed by atoms with E-state index in [4.69, 9.17) is 5.73 Å². The van der Waals surface area contributed by atoms with Gasteiger partial charge in [-0.3, -0.25) is 9.58 Å². The van der Waals surface area contributed by atoms with E-state index in [-0.39, 0.29) is 17.4 Å². The van der Waals surface area contributed by atoms with Crippen LogP contribution in [0.1, 0.15) is 52.3 Å². The van der Waals surface area contributed by atoms with Crippen LogP contribution in [0.3, 0.4) is 0 Å². The minimum Gasteiger partial charge on any atom is -0.402 e. The molecule has 2 aromatic rings. The lowest BCUT2D eigenvalue weighted by Crippen LogP contribution is -2.41. The highest BCUT2D eigenvalue weighted by Crippen LogP contribution is 2.59. The van der Waals surface area contributed by atoms with Crippen LogP contribution in [0.5, 0.6) is 5.75 Å². The Hall–Kier alpha value is -2.29. The molecule has 30 heavy (non-hydrogen) atoms. The molecule has 2 aromatic heterocycles. The average Bonchev–Trinajstić information content (AvgIpc) is 2.99. The van der Waals surface area contributed by atoms with E-state index in [1.807, 2.05) is 10.7 Å². The van der Waals surface area contributed by atoms with Gasteiger partial charge in [-0.1, -0.05) is 0 Å². The number of anilines is 1. The van der Waals surface area contributed by atoms with Gasteiger partial charge in [-0.15, -0.1) is 13.2 Å².